The molecular weight excluding hydrogens is 278 g/mol. The van der Waals surface area contributed by atoms with Crippen LogP contribution in [-0.4, -0.2) is 29.8 Å². The Hall–Kier alpha value is -1.26. The average Bonchev–Trinajstić information content (AvgIpc) is 2.38. The van der Waals surface area contributed by atoms with Gasteiger partial charge in [-0.2, -0.15) is 0 Å². The molecular formula is C15H22ClNO3. The molecule has 0 radical (unpaired) electrons. The van der Waals surface area contributed by atoms with E-state index in [-0.39, 0.29) is 6.04 Å². The van der Waals surface area contributed by atoms with E-state index in [1.165, 1.54) is 0 Å². The van der Waals surface area contributed by atoms with Crippen LogP contribution in [0.5, 0.6) is 5.75 Å². The molecule has 0 bridgehead atoms. The lowest BCUT2D eigenvalue weighted by atomic mass is 10.1. The second-order valence-corrected chi connectivity index (χ2v) is 5.44. The van der Waals surface area contributed by atoms with Crippen LogP contribution in [0.2, 0.25) is 5.02 Å². The number of ether oxygens (including phenoxy) is 1. The normalized spacial score (nSPS) is 13.8. The lowest BCUT2D eigenvalue weighted by Gasteiger charge is -2.17. The van der Waals surface area contributed by atoms with Crippen LogP contribution in [-0.2, 0) is 4.79 Å². The van der Waals surface area contributed by atoms with Crippen molar-refractivity contribution in [1.82, 2.24) is 5.32 Å². The molecule has 0 amide bonds. The van der Waals surface area contributed by atoms with Crippen molar-refractivity contribution in [3.63, 3.8) is 0 Å². The molecule has 1 aromatic rings. The fourth-order valence-corrected chi connectivity index (χ4v) is 1.99. The van der Waals surface area contributed by atoms with E-state index in [9.17, 15) is 4.79 Å². The van der Waals surface area contributed by atoms with Gasteiger partial charge in [0.05, 0.1) is 6.61 Å². The number of carbonyl (C=O) groups is 1. The van der Waals surface area contributed by atoms with Gasteiger partial charge in [-0.3, -0.25) is 4.79 Å². The van der Waals surface area contributed by atoms with Gasteiger partial charge in [0.15, 0.2) is 0 Å². The number of carboxylic acids is 1. The third-order valence-electron chi connectivity index (χ3n) is 3.08. The molecule has 0 spiro atoms. The molecule has 4 nitrogen and oxygen atoms in total. The minimum atomic E-state index is -0.829. The van der Waals surface area contributed by atoms with Crippen LogP contribution in [0.15, 0.2) is 18.2 Å². The third kappa shape index (κ3) is 5.80. The monoisotopic (exact) mass is 299 g/mol. The van der Waals surface area contributed by atoms with Gasteiger partial charge in [0.2, 0.25) is 0 Å². The van der Waals surface area contributed by atoms with Gasteiger partial charge in [-0.1, -0.05) is 11.6 Å². The zero-order valence-electron chi connectivity index (χ0n) is 12.1. The summed E-state index contributed by atoms with van der Waals surface area (Å²) in [6.07, 6.45) is 1.73. The summed E-state index contributed by atoms with van der Waals surface area (Å²) >= 11 is 5.95. The van der Waals surface area contributed by atoms with Crippen LogP contribution in [0.4, 0.5) is 0 Å². The van der Waals surface area contributed by atoms with E-state index in [0.717, 1.165) is 29.2 Å². The number of halogens is 1. The first kappa shape index (κ1) is 16.8. The highest BCUT2D eigenvalue weighted by Crippen LogP contribution is 2.21. The number of aliphatic carboxylic acids is 1. The molecule has 112 valence electrons. The second-order valence-electron chi connectivity index (χ2n) is 5.03. The molecule has 5 heteroatoms. The molecule has 0 aliphatic heterocycles. The third-order valence-corrected chi connectivity index (χ3v) is 3.51. The summed E-state index contributed by atoms with van der Waals surface area (Å²) in [6.45, 7) is 6.17. The van der Waals surface area contributed by atoms with Gasteiger partial charge in [0.1, 0.15) is 11.8 Å². The number of benzene rings is 1. The van der Waals surface area contributed by atoms with Crippen molar-refractivity contribution in [1.29, 1.82) is 0 Å². The Morgan fingerprint density at radius 1 is 1.45 bits per heavy atom. The van der Waals surface area contributed by atoms with Gasteiger partial charge in [-0.15, -0.1) is 0 Å². The van der Waals surface area contributed by atoms with Crippen molar-refractivity contribution >= 4 is 17.6 Å². The number of rotatable bonds is 8. The maximum Gasteiger partial charge on any atom is 0.320 e. The Morgan fingerprint density at radius 2 is 2.15 bits per heavy atom. The zero-order chi connectivity index (χ0) is 15.1. The minimum Gasteiger partial charge on any atom is -0.494 e. The van der Waals surface area contributed by atoms with Crippen LogP contribution in [0.3, 0.4) is 0 Å². The van der Waals surface area contributed by atoms with E-state index in [4.69, 9.17) is 21.4 Å². The van der Waals surface area contributed by atoms with Gasteiger partial charge >= 0.3 is 5.97 Å². The van der Waals surface area contributed by atoms with Gasteiger partial charge in [0, 0.05) is 11.1 Å². The van der Waals surface area contributed by atoms with Crippen molar-refractivity contribution in [3.05, 3.63) is 28.8 Å². The van der Waals surface area contributed by atoms with E-state index in [1.54, 1.807) is 6.92 Å². The van der Waals surface area contributed by atoms with E-state index < -0.39 is 12.0 Å². The van der Waals surface area contributed by atoms with Crippen molar-refractivity contribution < 1.29 is 14.6 Å². The molecule has 0 aliphatic rings. The van der Waals surface area contributed by atoms with Gasteiger partial charge in [-0.05, 0) is 57.4 Å². The lowest BCUT2D eigenvalue weighted by molar-refractivity contribution is -0.139. The predicted octanol–water partition coefficient (Wildman–Crippen LogP) is 3.26. The first-order valence-corrected chi connectivity index (χ1v) is 7.15. The van der Waals surface area contributed by atoms with Crippen LogP contribution in [0, 0.1) is 6.92 Å². The SMILES string of the molecule is Cc1cc(OCCCC(C)N[C@@H](C)C(=O)O)ccc1Cl. The smallest absolute Gasteiger partial charge is 0.320 e. The number of hydrogen-bond donors (Lipinski definition) is 2. The summed E-state index contributed by atoms with van der Waals surface area (Å²) in [6, 6.07) is 5.21. The molecule has 0 aromatic heterocycles. The Morgan fingerprint density at radius 3 is 2.75 bits per heavy atom. The number of aryl methyl sites for hydroxylation is 1. The summed E-state index contributed by atoms with van der Waals surface area (Å²) in [7, 11) is 0. The number of carboxylic acid groups (broad SMARTS) is 1. The molecule has 20 heavy (non-hydrogen) atoms. The highest BCUT2D eigenvalue weighted by Gasteiger charge is 2.13. The highest BCUT2D eigenvalue weighted by atomic mass is 35.5. The van der Waals surface area contributed by atoms with Crippen LogP contribution in [0.25, 0.3) is 0 Å². The molecule has 1 rings (SSSR count). The quantitative estimate of drug-likeness (QED) is 0.723. The minimum absolute atomic E-state index is 0.150. The fraction of sp³-hybridized carbons (Fsp3) is 0.533. The Bertz CT molecular complexity index is 451. The van der Waals surface area contributed by atoms with Crippen LogP contribution >= 0.6 is 11.6 Å². The summed E-state index contributed by atoms with van der Waals surface area (Å²) in [5, 5.41) is 12.6. The Labute approximate surface area is 125 Å². The van der Waals surface area contributed by atoms with Crippen LogP contribution in [0.1, 0.15) is 32.3 Å². The summed E-state index contributed by atoms with van der Waals surface area (Å²) in [5.74, 6) is -0.0174. The van der Waals surface area contributed by atoms with E-state index in [1.807, 2.05) is 32.0 Å². The van der Waals surface area contributed by atoms with E-state index in [2.05, 4.69) is 5.32 Å². The summed E-state index contributed by atoms with van der Waals surface area (Å²) in [4.78, 5) is 10.7. The number of hydrogen-bond acceptors (Lipinski definition) is 3. The molecule has 0 heterocycles. The van der Waals surface area contributed by atoms with E-state index >= 15 is 0 Å². The molecule has 2 N–H and O–H groups in total. The van der Waals surface area contributed by atoms with Gasteiger partial charge in [-0.25, -0.2) is 0 Å². The molecule has 0 fully saturated rings. The van der Waals surface area contributed by atoms with Crippen molar-refractivity contribution in [2.45, 2.75) is 45.7 Å². The van der Waals surface area contributed by atoms with Crippen molar-refractivity contribution in [3.8, 4) is 5.75 Å². The largest absolute Gasteiger partial charge is 0.494 e. The molecule has 0 aliphatic carbocycles. The topological polar surface area (TPSA) is 58.6 Å². The molecule has 0 saturated heterocycles. The standard InChI is InChI=1S/C15H22ClNO3/c1-10-9-13(6-7-14(10)16)20-8-4-5-11(2)17-12(3)15(18)19/h6-7,9,11-12,17H,4-5,8H2,1-3H3,(H,18,19)/t11?,12-/m0/s1. The average molecular weight is 300 g/mol. The Balaban J connectivity index is 2.24. The highest BCUT2D eigenvalue weighted by molar-refractivity contribution is 6.31. The van der Waals surface area contributed by atoms with Gasteiger partial charge < -0.3 is 15.2 Å². The van der Waals surface area contributed by atoms with Crippen molar-refractivity contribution in [2.24, 2.45) is 0 Å². The zero-order valence-corrected chi connectivity index (χ0v) is 12.9. The second kappa shape index (κ2) is 8.12. The first-order chi connectivity index (χ1) is 9.40. The lowest BCUT2D eigenvalue weighted by Crippen LogP contribution is -2.39. The molecule has 1 unspecified atom stereocenters. The van der Waals surface area contributed by atoms with E-state index in [0.29, 0.717) is 6.61 Å². The molecule has 1 aromatic carbocycles. The predicted molar refractivity (Wildman–Crippen MR) is 80.6 cm³/mol. The fourth-order valence-electron chi connectivity index (χ4n) is 1.87. The number of nitrogens with one attached hydrogen (secondary N) is 1. The first-order valence-electron chi connectivity index (χ1n) is 6.78. The summed E-state index contributed by atoms with van der Waals surface area (Å²) in [5.41, 5.74) is 0.995. The maximum absolute atomic E-state index is 10.7. The van der Waals surface area contributed by atoms with Gasteiger partial charge in [0.25, 0.3) is 0 Å². The van der Waals surface area contributed by atoms with Crippen molar-refractivity contribution in [2.75, 3.05) is 6.61 Å². The summed E-state index contributed by atoms with van der Waals surface area (Å²) < 4.78 is 5.64. The molecule has 0 saturated carbocycles. The van der Waals surface area contributed by atoms with Crippen LogP contribution < -0.4 is 10.1 Å². The maximum atomic E-state index is 10.7. The molecule has 2 atom stereocenters. The Kier molecular flexibility index (Phi) is 6.82.